The third-order valence-electron chi connectivity index (χ3n) is 0.544. The molecule has 0 aliphatic heterocycles. The Morgan fingerprint density at radius 2 is 2.18 bits per heavy atom. The number of carboxylic acid groups (broad SMARTS) is 1. The molecule has 0 saturated carbocycles. The minimum Gasteiger partial charge on any atom is -0.748 e. The summed E-state index contributed by atoms with van der Waals surface area (Å²) in [5.74, 6) is -1.13. The van der Waals surface area contributed by atoms with Crippen LogP contribution in [0.1, 0.15) is 6.42 Å². The number of carbonyl (C=O) groups is 1. The molecule has 1 atom stereocenters. The van der Waals surface area contributed by atoms with Gasteiger partial charge in [0, 0.05) is 0 Å². The van der Waals surface area contributed by atoms with Gasteiger partial charge < -0.3 is 9.66 Å². The molecule has 0 aromatic carbocycles. The maximum Gasteiger partial charge on any atom is 1.00 e. The topological polar surface area (TPSA) is 86.7 Å². The van der Waals surface area contributed by atoms with Crippen molar-refractivity contribution in [3.8, 4) is 0 Å². The van der Waals surface area contributed by atoms with Crippen molar-refractivity contribution in [3.63, 3.8) is 0 Å². The van der Waals surface area contributed by atoms with Crippen molar-refractivity contribution in [1.29, 1.82) is 0 Å². The molecule has 0 amide bonds. The van der Waals surface area contributed by atoms with Gasteiger partial charge in [-0.25, -0.2) is 4.21 Å². The van der Waals surface area contributed by atoms with Gasteiger partial charge in [-0.05, 0) is 11.2 Å². The fourth-order valence-corrected chi connectivity index (χ4v) is 0.723. The van der Waals surface area contributed by atoms with Crippen molar-refractivity contribution in [2.24, 2.45) is 0 Å². The van der Waals surface area contributed by atoms with Gasteiger partial charge >= 0.3 is 35.5 Å². The predicted molar refractivity (Wildman–Crippen MR) is 34.5 cm³/mol. The monoisotopic (exact) mass is 208 g/mol. The minimum atomic E-state index is -3.90. The molecular weight excluding hydrogens is 203 g/mol. The third kappa shape index (κ3) is 13.7. The Morgan fingerprint density at radius 3 is 2.45 bits per heavy atom. The molecule has 1 N–H and O–H groups in total. The predicted octanol–water partition coefficient (Wildman–Crippen LogP) is -3.73. The molecule has 0 bridgehead atoms. The summed E-state index contributed by atoms with van der Waals surface area (Å²) in [4.78, 5) is 9.78. The van der Waals surface area contributed by atoms with E-state index < -0.39 is 21.6 Å². The van der Waals surface area contributed by atoms with E-state index in [9.17, 15) is 13.6 Å². The zero-order valence-corrected chi connectivity index (χ0v) is 9.44. The van der Waals surface area contributed by atoms with Gasteiger partial charge in [0.1, 0.15) is 0 Å². The summed E-state index contributed by atoms with van der Waals surface area (Å²) in [7, 11) is -3.90. The molecule has 60 valence electrons. The van der Waals surface area contributed by atoms with E-state index >= 15 is 0 Å². The second-order valence-corrected chi connectivity index (χ2v) is 3.65. The molecule has 5 nitrogen and oxygen atoms in total. The van der Waals surface area contributed by atoms with Crippen LogP contribution in [0.5, 0.6) is 0 Å². The van der Waals surface area contributed by atoms with Gasteiger partial charge in [0.2, 0.25) is 0 Å². The molecular formula is C3H5NaO5S2. The first-order valence-corrected chi connectivity index (χ1v) is 4.57. The van der Waals surface area contributed by atoms with Crippen LogP contribution in [0.3, 0.4) is 0 Å². The molecule has 8 heteroatoms. The molecule has 0 fully saturated rings. The van der Waals surface area contributed by atoms with Crippen molar-refractivity contribution in [3.05, 3.63) is 0 Å². The molecule has 0 aromatic heterocycles. The van der Waals surface area contributed by atoms with E-state index in [1.165, 1.54) is 0 Å². The van der Waals surface area contributed by atoms with Gasteiger partial charge in [-0.2, -0.15) is 0 Å². The molecule has 0 spiro atoms. The minimum absolute atomic E-state index is 0. The van der Waals surface area contributed by atoms with E-state index in [4.69, 9.17) is 5.11 Å². The Morgan fingerprint density at radius 1 is 1.73 bits per heavy atom. The van der Waals surface area contributed by atoms with Gasteiger partial charge in [0.15, 0.2) is 0 Å². The molecule has 0 saturated heterocycles. The Balaban J connectivity index is 0. The molecule has 0 rings (SSSR count). The van der Waals surface area contributed by atoms with E-state index in [-0.39, 0.29) is 36.0 Å². The molecule has 1 unspecified atom stereocenters. The van der Waals surface area contributed by atoms with Gasteiger partial charge in [0.25, 0.3) is 0 Å². The number of hydrogen-bond donors (Lipinski definition) is 1. The summed E-state index contributed by atoms with van der Waals surface area (Å²) < 4.78 is 24.0. The smallest absolute Gasteiger partial charge is 0.748 e. The van der Waals surface area contributed by atoms with E-state index in [1.807, 2.05) is 0 Å². The van der Waals surface area contributed by atoms with Crippen LogP contribution in [0.15, 0.2) is 0 Å². The fraction of sp³-hybridized carbons (Fsp3) is 0.667. The van der Waals surface area contributed by atoms with Gasteiger partial charge in [0.05, 0.1) is 22.1 Å². The normalized spacial score (nSPS) is 14.6. The van der Waals surface area contributed by atoms with Crippen molar-refractivity contribution in [1.82, 2.24) is 0 Å². The Hall–Kier alpha value is 0.760. The molecule has 0 heterocycles. The maximum absolute atomic E-state index is 10.0. The molecule has 11 heavy (non-hydrogen) atoms. The van der Waals surface area contributed by atoms with Crippen LogP contribution in [0.4, 0.5) is 0 Å². The van der Waals surface area contributed by atoms with E-state index in [0.29, 0.717) is 0 Å². The first-order valence-electron chi connectivity index (χ1n) is 2.24. The van der Waals surface area contributed by atoms with Crippen LogP contribution in [0.25, 0.3) is 0 Å². The van der Waals surface area contributed by atoms with Crippen LogP contribution in [0.2, 0.25) is 0 Å². The van der Waals surface area contributed by atoms with Crippen molar-refractivity contribution < 1.29 is 52.4 Å². The fourth-order valence-electron chi connectivity index (χ4n) is 0.231. The third-order valence-corrected chi connectivity index (χ3v) is 1.29. The van der Waals surface area contributed by atoms with Crippen LogP contribution in [0, 0.1) is 0 Å². The van der Waals surface area contributed by atoms with Crippen LogP contribution in [-0.4, -0.2) is 26.4 Å². The second-order valence-electron chi connectivity index (χ2n) is 1.37. The second kappa shape index (κ2) is 6.30. The van der Waals surface area contributed by atoms with Gasteiger partial charge in [-0.3, -0.25) is 8.98 Å². The molecule has 0 aliphatic rings. The van der Waals surface area contributed by atoms with Gasteiger partial charge in [-0.15, -0.1) is 0 Å². The maximum atomic E-state index is 10.0. The van der Waals surface area contributed by atoms with Crippen molar-refractivity contribution in [2.75, 3.05) is 6.61 Å². The Bertz CT molecular complexity index is 210. The summed E-state index contributed by atoms with van der Waals surface area (Å²) >= 11 is 3.79. The van der Waals surface area contributed by atoms with Crippen molar-refractivity contribution in [2.45, 2.75) is 6.42 Å². The number of hydrogen-bond acceptors (Lipinski definition) is 5. The van der Waals surface area contributed by atoms with Crippen LogP contribution >= 0.6 is 0 Å². The summed E-state index contributed by atoms with van der Waals surface area (Å²) in [5, 5.41) is 8.00. The zero-order valence-electron chi connectivity index (χ0n) is 5.81. The van der Waals surface area contributed by atoms with E-state index in [0.717, 1.165) is 0 Å². The standard InChI is InChI=1S/C3H6O5S2.Na/c4-3(5)1-2-8-10(6,7)9;/h1-2H2,(H,4,5)(H,6,7,9);/q;+1/p-1. The van der Waals surface area contributed by atoms with Crippen molar-refractivity contribution >= 4 is 26.2 Å². The molecule has 0 radical (unpaired) electrons. The average Bonchev–Trinajstić information content (AvgIpc) is 1.59. The largest absolute Gasteiger partial charge is 1.00 e. The SMILES string of the molecule is O=C(O)CCOS(=O)([O-])=S.[Na+]. The quantitative estimate of drug-likeness (QED) is 0.478. The average molecular weight is 208 g/mol. The summed E-state index contributed by atoms with van der Waals surface area (Å²) in [5.41, 5.74) is 0. The summed E-state index contributed by atoms with van der Waals surface area (Å²) in [6.45, 7) is -0.402. The van der Waals surface area contributed by atoms with Crippen LogP contribution in [-0.2, 0) is 29.2 Å². The zero-order chi connectivity index (χ0) is 8.20. The number of rotatable bonds is 4. The Labute approximate surface area is 91.1 Å². The van der Waals surface area contributed by atoms with E-state index in [1.54, 1.807) is 0 Å². The van der Waals surface area contributed by atoms with E-state index in [2.05, 4.69) is 15.4 Å². The van der Waals surface area contributed by atoms with Gasteiger partial charge in [-0.1, -0.05) is 0 Å². The Kier molecular flexibility index (Phi) is 8.18. The summed E-state index contributed by atoms with van der Waals surface area (Å²) in [6.07, 6.45) is -0.365. The number of carboxylic acids is 1. The summed E-state index contributed by atoms with van der Waals surface area (Å²) in [6, 6.07) is 0. The first kappa shape index (κ1) is 14.3. The first-order chi connectivity index (χ1) is 4.42. The molecule has 0 aromatic rings. The molecule has 0 aliphatic carbocycles. The number of aliphatic carboxylic acids is 1. The van der Waals surface area contributed by atoms with Crippen LogP contribution < -0.4 is 29.6 Å².